The first-order valence-electron chi connectivity index (χ1n) is 8.89. The minimum atomic E-state index is 0.700. The van der Waals surface area contributed by atoms with Crippen LogP contribution in [0.4, 0.5) is 0 Å². The zero-order chi connectivity index (χ0) is 17.9. The molecule has 1 heterocycles. The van der Waals surface area contributed by atoms with E-state index in [1.807, 2.05) is 66.7 Å². The Morgan fingerprint density at radius 3 is 1.88 bits per heavy atom. The van der Waals surface area contributed by atoms with Crippen molar-refractivity contribution in [3.63, 3.8) is 0 Å². The van der Waals surface area contributed by atoms with Crippen molar-refractivity contribution in [1.82, 2.24) is 4.98 Å². The molecular weight excluding hydrogens is 326 g/mol. The summed E-state index contributed by atoms with van der Waals surface area (Å²) >= 11 is 0. The number of nitrogens with zero attached hydrogens (tertiary/aromatic N) is 1. The monoisotopic (exact) mass is 349 g/mol. The van der Waals surface area contributed by atoms with Crippen LogP contribution in [0.2, 0.25) is 0 Å². The number of unbranched alkanes of at least 4 members (excludes halogenated alkanes) is 2. The summed E-state index contributed by atoms with van der Waals surface area (Å²) in [5.41, 5.74) is 0. The SMILES string of the molecule is c1ccc(Oc2ccc(OCCCCCOc3cccnc3)cc2)cc1. The Balaban J connectivity index is 1.29. The second-order valence-corrected chi connectivity index (χ2v) is 5.83. The molecule has 0 aliphatic rings. The molecule has 1 aromatic heterocycles. The first kappa shape index (κ1) is 17.8. The normalized spacial score (nSPS) is 10.3. The van der Waals surface area contributed by atoms with Gasteiger partial charge in [0.1, 0.15) is 23.0 Å². The number of ether oxygens (including phenoxy) is 3. The molecule has 0 bridgehead atoms. The van der Waals surface area contributed by atoms with Crippen LogP contribution in [-0.2, 0) is 0 Å². The van der Waals surface area contributed by atoms with Crippen LogP contribution in [0, 0.1) is 0 Å². The second-order valence-electron chi connectivity index (χ2n) is 5.83. The Bertz CT molecular complexity index is 745. The zero-order valence-corrected chi connectivity index (χ0v) is 14.7. The lowest BCUT2D eigenvalue weighted by Crippen LogP contribution is -2.01. The maximum Gasteiger partial charge on any atom is 0.137 e. The molecular formula is C22H23NO3. The van der Waals surface area contributed by atoms with Crippen LogP contribution in [0.5, 0.6) is 23.0 Å². The third kappa shape index (κ3) is 6.13. The number of pyridine rings is 1. The van der Waals surface area contributed by atoms with E-state index in [4.69, 9.17) is 14.2 Å². The van der Waals surface area contributed by atoms with Crippen molar-refractivity contribution < 1.29 is 14.2 Å². The van der Waals surface area contributed by atoms with E-state index in [9.17, 15) is 0 Å². The zero-order valence-electron chi connectivity index (χ0n) is 14.7. The molecule has 2 aromatic carbocycles. The van der Waals surface area contributed by atoms with Gasteiger partial charge in [-0.1, -0.05) is 18.2 Å². The molecule has 0 amide bonds. The van der Waals surface area contributed by atoms with Crippen LogP contribution in [-0.4, -0.2) is 18.2 Å². The predicted molar refractivity (Wildman–Crippen MR) is 102 cm³/mol. The van der Waals surface area contributed by atoms with Crippen LogP contribution in [0.3, 0.4) is 0 Å². The molecule has 3 aromatic rings. The van der Waals surface area contributed by atoms with Crippen LogP contribution < -0.4 is 14.2 Å². The number of benzene rings is 2. The average Bonchev–Trinajstić information content (AvgIpc) is 2.70. The van der Waals surface area contributed by atoms with Gasteiger partial charge in [0, 0.05) is 6.20 Å². The summed E-state index contributed by atoms with van der Waals surface area (Å²) in [6.07, 6.45) is 6.54. The van der Waals surface area contributed by atoms with Crippen molar-refractivity contribution in [2.24, 2.45) is 0 Å². The fraction of sp³-hybridized carbons (Fsp3) is 0.227. The molecule has 0 saturated carbocycles. The topological polar surface area (TPSA) is 40.6 Å². The lowest BCUT2D eigenvalue weighted by atomic mass is 10.2. The van der Waals surface area contributed by atoms with Crippen molar-refractivity contribution in [2.75, 3.05) is 13.2 Å². The Morgan fingerprint density at radius 1 is 0.577 bits per heavy atom. The van der Waals surface area contributed by atoms with Gasteiger partial charge in [0.2, 0.25) is 0 Å². The van der Waals surface area contributed by atoms with E-state index in [-0.39, 0.29) is 0 Å². The Labute approximate surface area is 154 Å². The molecule has 0 radical (unpaired) electrons. The van der Waals surface area contributed by atoms with Gasteiger partial charge in [-0.3, -0.25) is 4.98 Å². The van der Waals surface area contributed by atoms with E-state index < -0.39 is 0 Å². The second kappa shape index (κ2) is 10.1. The van der Waals surface area contributed by atoms with Gasteiger partial charge in [0.15, 0.2) is 0 Å². The molecule has 0 aliphatic heterocycles. The summed E-state index contributed by atoms with van der Waals surface area (Å²) in [6.45, 7) is 1.41. The quantitative estimate of drug-likeness (QED) is 0.453. The van der Waals surface area contributed by atoms with Gasteiger partial charge in [0.25, 0.3) is 0 Å². The largest absolute Gasteiger partial charge is 0.494 e. The van der Waals surface area contributed by atoms with Gasteiger partial charge >= 0.3 is 0 Å². The summed E-state index contributed by atoms with van der Waals surface area (Å²) < 4.78 is 17.2. The van der Waals surface area contributed by atoms with E-state index in [1.165, 1.54) is 0 Å². The molecule has 26 heavy (non-hydrogen) atoms. The van der Waals surface area contributed by atoms with Crippen molar-refractivity contribution in [2.45, 2.75) is 19.3 Å². The first-order valence-corrected chi connectivity index (χ1v) is 8.89. The van der Waals surface area contributed by atoms with Crippen molar-refractivity contribution in [3.8, 4) is 23.0 Å². The molecule has 4 nitrogen and oxygen atoms in total. The van der Waals surface area contributed by atoms with E-state index in [2.05, 4.69) is 4.98 Å². The molecule has 4 heteroatoms. The Morgan fingerprint density at radius 2 is 1.19 bits per heavy atom. The first-order chi connectivity index (χ1) is 12.9. The highest BCUT2D eigenvalue weighted by Crippen LogP contribution is 2.23. The van der Waals surface area contributed by atoms with Gasteiger partial charge in [-0.15, -0.1) is 0 Å². The third-order valence-electron chi connectivity index (χ3n) is 3.76. The van der Waals surface area contributed by atoms with Crippen molar-refractivity contribution in [1.29, 1.82) is 0 Å². The average molecular weight is 349 g/mol. The summed E-state index contributed by atoms with van der Waals surface area (Å²) in [4.78, 5) is 4.02. The van der Waals surface area contributed by atoms with Gasteiger partial charge in [-0.05, 0) is 67.8 Å². The van der Waals surface area contributed by atoms with Crippen molar-refractivity contribution >= 4 is 0 Å². The number of rotatable bonds is 10. The van der Waals surface area contributed by atoms with E-state index in [0.717, 1.165) is 42.3 Å². The lowest BCUT2D eigenvalue weighted by Gasteiger charge is -2.09. The number of hydrogen-bond acceptors (Lipinski definition) is 4. The molecule has 0 unspecified atom stereocenters. The molecule has 0 N–H and O–H groups in total. The van der Waals surface area contributed by atoms with Crippen LogP contribution in [0.1, 0.15) is 19.3 Å². The van der Waals surface area contributed by atoms with Gasteiger partial charge in [0.05, 0.1) is 19.4 Å². The molecule has 0 spiro atoms. The van der Waals surface area contributed by atoms with E-state index in [0.29, 0.717) is 13.2 Å². The van der Waals surface area contributed by atoms with Gasteiger partial charge in [-0.2, -0.15) is 0 Å². The standard InChI is InChI=1S/C22H23NO3/c1-3-8-20(9-4-1)26-21-13-11-19(12-14-21)24-16-5-2-6-17-25-22-10-7-15-23-18-22/h1,3-4,7-15,18H,2,5-6,16-17H2. The molecule has 0 aliphatic carbocycles. The summed E-state index contributed by atoms with van der Waals surface area (Å²) in [6, 6.07) is 21.2. The smallest absolute Gasteiger partial charge is 0.137 e. The number of para-hydroxylation sites is 1. The number of hydrogen-bond donors (Lipinski definition) is 0. The maximum absolute atomic E-state index is 5.77. The highest BCUT2D eigenvalue weighted by molar-refractivity contribution is 5.35. The summed E-state index contributed by atoms with van der Waals surface area (Å²) in [5.74, 6) is 3.31. The predicted octanol–water partition coefficient (Wildman–Crippen LogP) is 5.50. The van der Waals surface area contributed by atoms with Crippen LogP contribution >= 0.6 is 0 Å². The Kier molecular flexibility index (Phi) is 6.91. The van der Waals surface area contributed by atoms with Crippen LogP contribution in [0.15, 0.2) is 79.1 Å². The van der Waals surface area contributed by atoms with Crippen LogP contribution in [0.25, 0.3) is 0 Å². The molecule has 0 saturated heterocycles. The molecule has 3 rings (SSSR count). The fourth-order valence-electron chi connectivity index (χ4n) is 2.42. The Hall–Kier alpha value is -3.01. The molecule has 0 fully saturated rings. The fourth-order valence-corrected chi connectivity index (χ4v) is 2.42. The highest BCUT2D eigenvalue weighted by atomic mass is 16.5. The minimum Gasteiger partial charge on any atom is -0.494 e. The summed E-state index contributed by atoms with van der Waals surface area (Å²) in [7, 11) is 0. The molecule has 0 atom stereocenters. The van der Waals surface area contributed by atoms with E-state index >= 15 is 0 Å². The molecule has 134 valence electrons. The van der Waals surface area contributed by atoms with Gasteiger partial charge in [-0.25, -0.2) is 0 Å². The van der Waals surface area contributed by atoms with E-state index in [1.54, 1.807) is 12.4 Å². The summed E-state index contributed by atoms with van der Waals surface area (Å²) in [5, 5.41) is 0. The number of aromatic nitrogens is 1. The third-order valence-corrected chi connectivity index (χ3v) is 3.76. The maximum atomic E-state index is 5.77. The minimum absolute atomic E-state index is 0.700. The van der Waals surface area contributed by atoms with Crippen molar-refractivity contribution in [3.05, 3.63) is 79.1 Å². The lowest BCUT2D eigenvalue weighted by molar-refractivity contribution is 0.279. The highest BCUT2D eigenvalue weighted by Gasteiger charge is 1.99. The van der Waals surface area contributed by atoms with Gasteiger partial charge < -0.3 is 14.2 Å².